The van der Waals surface area contributed by atoms with Crippen molar-refractivity contribution in [3.8, 4) is 0 Å². The molecule has 1 aromatic rings. The lowest BCUT2D eigenvalue weighted by molar-refractivity contribution is -0.143. The number of nitrogens with two attached hydrogens (primary N) is 1. The number of nitrogens with zero attached hydrogens (tertiary/aromatic N) is 2. The van der Waals surface area contributed by atoms with Gasteiger partial charge in [0.05, 0.1) is 13.0 Å². The zero-order valence-corrected chi connectivity index (χ0v) is 8.13. The molecule has 0 aliphatic rings. The molecule has 6 heteroatoms. The van der Waals surface area contributed by atoms with Gasteiger partial charge in [0.15, 0.2) is 0 Å². The first-order valence-corrected chi connectivity index (χ1v) is 4.77. The van der Waals surface area contributed by atoms with Crippen LogP contribution in [0.25, 0.3) is 0 Å². The molecule has 0 atom stereocenters. The third-order valence-electron chi connectivity index (χ3n) is 1.33. The first-order valence-electron chi connectivity index (χ1n) is 3.96. The Hall–Kier alpha value is -1.17. The third kappa shape index (κ3) is 3.37. The van der Waals surface area contributed by atoms with Crippen molar-refractivity contribution >= 4 is 22.4 Å². The topological polar surface area (TPSA) is 78.1 Å². The zero-order valence-electron chi connectivity index (χ0n) is 7.32. The van der Waals surface area contributed by atoms with Crippen molar-refractivity contribution in [1.82, 2.24) is 10.2 Å². The van der Waals surface area contributed by atoms with Gasteiger partial charge in [0.2, 0.25) is 5.13 Å². The summed E-state index contributed by atoms with van der Waals surface area (Å²) in [4.78, 5) is 10.9. The predicted octanol–water partition coefficient (Wildman–Crippen LogP) is 0.616. The van der Waals surface area contributed by atoms with E-state index >= 15 is 0 Å². The molecular weight excluding hydrogens is 190 g/mol. The van der Waals surface area contributed by atoms with E-state index in [0.29, 0.717) is 24.6 Å². The first-order chi connectivity index (χ1) is 6.22. The molecule has 0 aromatic carbocycles. The van der Waals surface area contributed by atoms with Gasteiger partial charge in [-0.1, -0.05) is 11.3 Å². The Balaban J connectivity index is 2.30. The molecule has 0 fully saturated rings. The van der Waals surface area contributed by atoms with Gasteiger partial charge in [-0.25, -0.2) is 0 Å². The standard InChI is InChI=1S/C7H11N3O2S/c1-2-12-6(11)4-3-5-9-10-7(8)13-5/h2-4H2,1H3,(H2,8,10). The first kappa shape index (κ1) is 9.91. The van der Waals surface area contributed by atoms with E-state index in [9.17, 15) is 4.79 Å². The van der Waals surface area contributed by atoms with E-state index < -0.39 is 0 Å². The second-order valence-corrected chi connectivity index (χ2v) is 3.43. The molecule has 1 rings (SSSR count). The van der Waals surface area contributed by atoms with Crippen molar-refractivity contribution in [1.29, 1.82) is 0 Å². The lowest BCUT2D eigenvalue weighted by atomic mass is 10.3. The van der Waals surface area contributed by atoms with E-state index in [1.165, 1.54) is 11.3 Å². The molecule has 13 heavy (non-hydrogen) atoms. The second-order valence-electron chi connectivity index (χ2n) is 2.34. The third-order valence-corrected chi connectivity index (χ3v) is 2.14. The molecule has 1 heterocycles. The Morgan fingerprint density at radius 3 is 2.92 bits per heavy atom. The molecule has 5 nitrogen and oxygen atoms in total. The van der Waals surface area contributed by atoms with E-state index in [0.717, 1.165) is 5.01 Å². The lowest BCUT2D eigenvalue weighted by Gasteiger charge is -1.98. The number of carbonyl (C=O) groups excluding carboxylic acids is 1. The molecule has 0 bridgehead atoms. The summed E-state index contributed by atoms with van der Waals surface area (Å²) in [7, 11) is 0. The van der Waals surface area contributed by atoms with E-state index in [2.05, 4.69) is 10.2 Å². The van der Waals surface area contributed by atoms with Gasteiger partial charge in [0, 0.05) is 6.42 Å². The van der Waals surface area contributed by atoms with E-state index in [1.807, 2.05) is 0 Å². The minimum Gasteiger partial charge on any atom is -0.466 e. The van der Waals surface area contributed by atoms with Gasteiger partial charge >= 0.3 is 5.97 Å². The van der Waals surface area contributed by atoms with Crippen molar-refractivity contribution < 1.29 is 9.53 Å². The van der Waals surface area contributed by atoms with Gasteiger partial charge in [-0.15, -0.1) is 10.2 Å². The van der Waals surface area contributed by atoms with Crippen molar-refractivity contribution in [2.45, 2.75) is 19.8 Å². The second kappa shape index (κ2) is 4.76. The van der Waals surface area contributed by atoms with Crippen LogP contribution in [0.5, 0.6) is 0 Å². The van der Waals surface area contributed by atoms with Crippen LogP contribution in [0.15, 0.2) is 0 Å². The van der Waals surface area contributed by atoms with Crippen molar-refractivity contribution in [3.63, 3.8) is 0 Å². The maximum absolute atomic E-state index is 10.9. The maximum Gasteiger partial charge on any atom is 0.306 e. The summed E-state index contributed by atoms with van der Waals surface area (Å²) in [5.41, 5.74) is 5.37. The number of hydrogen-bond acceptors (Lipinski definition) is 6. The molecule has 0 aliphatic carbocycles. The number of ether oxygens (including phenoxy) is 1. The summed E-state index contributed by atoms with van der Waals surface area (Å²) in [5, 5.41) is 8.62. The molecule has 0 unspecified atom stereocenters. The van der Waals surface area contributed by atoms with Crippen LogP contribution in [0.1, 0.15) is 18.4 Å². The number of nitrogen functional groups attached to an aromatic ring is 1. The van der Waals surface area contributed by atoms with E-state index in [4.69, 9.17) is 10.5 Å². The minimum absolute atomic E-state index is 0.212. The highest BCUT2D eigenvalue weighted by molar-refractivity contribution is 7.15. The summed E-state index contributed by atoms with van der Waals surface area (Å²) in [6, 6.07) is 0. The number of carbonyl (C=O) groups is 1. The van der Waals surface area contributed by atoms with Crippen molar-refractivity contribution in [2.75, 3.05) is 12.3 Å². The molecule has 0 radical (unpaired) electrons. The van der Waals surface area contributed by atoms with Crippen molar-refractivity contribution in [2.24, 2.45) is 0 Å². The Bertz CT molecular complexity index is 287. The smallest absolute Gasteiger partial charge is 0.306 e. The summed E-state index contributed by atoms with van der Waals surface area (Å²) in [5.74, 6) is -0.212. The average Bonchev–Trinajstić information content (AvgIpc) is 2.49. The zero-order chi connectivity index (χ0) is 9.68. The van der Waals surface area contributed by atoms with Crippen LogP contribution in [0.2, 0.25) is 0 Å². The summed E-state index contributed by atoms with van der Waals surface area (Å²) < 4.78 is 4.76. The SMILES string of the molecule is CCOC(=O)CCc1nnc(N)s1. The normalized spacial score (nSPS) is 9.92. The Kier molecular flexibility index (Phi) is 3.63. The average molecular weight is 201 g/mol. The number of aryl methyl sites for hydroxylation is 1. The molecule has 0 aliphatic heterocycles. The Labute approximate surface area is 79.9 Å². The molecule has 0 spiro atoms. The van der Waals surface area contributed by atoms with Crippen LogP contribution < -0.4 is 5.73 Å². The van der Waals surface area contributed by atoms with Gasteiger partial charge in [-0.2, -0.15) is 0 Å². The fourth-order valence-corrected chi connectivity index (χ4v) is 1.42. The predicted molar refractivity (Wildman–Crippen MR) is 49.3 cm³/mol. The van der Waals surface area contributed by atoms with Gasteiger partial charge in [0.25, 0.3) is 0 Å². The van der Waals surface area contributed by atoms with E-state index in [1.54, 1.807) is 6.92 Å². The molecule has 0 saturated carbocycles. The van der Waals surface area contributed by atoms with E-state index in [-0.39, 0.29) is 5.97 Å². The quantitative estimate of drug-likeness (QED) is 0.722. The Morgan fingerprint density at radius 1 is 1.62 bits per heavy atom. The van der Waals surface area contributed by atoms with Gasteiger partial charge in [-0.05, 0) is 6.92 Å². The summed E-state index contributed by atoms with van der Waals surface area (Å²) in [6.07, 6.45) is 0.885. The molecule has 2 N–H and O–H groups in total. The minimum atomic E-state index is -0.212. The highest BCUT2D eigenvalue weighted by Gasteiger charge is 2.05. The fraction of sp³-hybridized carbons (Fsp3) is 0.571. The van der Waals surface area contributed by atoms with Crippen LogP contribution >= 0.6 is 11.3 Å². The molecule has 1 aromatic heterocycles. The van der Waals surface area contributed by atoms with Crippen molar-refractivity contribution in [3.05, 3.63) is 5.01 Å². The largest absolute Gasteiger partial charge is 0.466 e. The van der Waals surface area contributed by atoms with Crippen LogP contribution in [0.3, 0.4) is 0 Å². The number of esters is 1. The Morgan fingerprint density at radius 2 is 2.38 bits per heavy atom. The highest BCUT2D eigenvalue weighted by atomic mass is 32.1. The number of hydrogen-bond donors (Lipinski definition) is 1. The molecule has 0 amide bonds. The molecule has 0 saturated heterocycles. The van der Waals surface area contributed by atoms with Gasteiger partial charge in [-0.3, -0.25) is 4.79 Å². The number of anilines is 1. The summed E-state index contributed by atoms with van der Waals surface area (Å²) >= 11 is 1.30. The monoisotopic (exact) mass is 201 g/mol. The number of aromatic nitrogens is 2. The van der Waals surface area contributed by atoms with Crippen LogP contribution in [-0.2, 0) is 16.0 Å². The highest BCUT2D eigenvalue weighted by Crippen LogP contribution is 2.12. The number of rotatable bonds is 4. The van der Waals surface area contributed by atoms with Crippen LogP contribution in [0, 0.1) is 0 Å². The van der Waals surface area contributed by atoms with Crippen LogP contribution in [0.4, 0.5) is 5.13 Å². The van der Waals surface area contributed by atoms with Crippen LogP contribution in [-0.4, -0.2) is 22.8 Å². The summed E-state index contributed by atoms with van der Waals surface area (Å²) in [6.45, 7) is 2.19. The molecule has 72 valence electrons. The van der Waals surface area contributed by atoms with Gasteiger partial charge in [0.1, 0.15) is 5.01 Å². The lowest BCUT2D eigenvalue weighted by Crippen LogP contribution is -2.04. The fourth-order valence-electron chi connectivity index (χ4n) is 0.810. The van der Waals surface area contributed by atoms with Gasteiger partial charge < -0.3 is 10.5 Å². The molecular formula is C7H11N3O2S. The maximum atomic E-state index is 10.9.